The fourth-order valence-electron chi connectivity index (χ4n) is 3.34. The molecule has 0 saturated carbocycles. The first-order chi connectivity index (χ1) is 11.8. The van der Waals surface area contributed by atoms with E-state index in [4.69, 9.17) is 9.16 Å². The van der Waals surface area contributed by atoms with E-state index in [0.29, 0.717) is 0 Å². The number of nitrogens with zero attached hydrogens (tertiary/aromatic N) is 3. The number of hydrogen-bond acceptors (Lipinski definition) is 4. The van der Waals surface area contributed by atoms with Crippen LogP contribution in [0.25, 0.3) is 11.3 Å². The summed E-state index contributed by atoms with van der Waals surface area (Å²) in [4.78, 5) is 0. The topological polar surface area (TPSA) is 60.1 Å². The van der Waals surface area contributed by atoms with Crippen LogP contribution in [0, 0.1) is 18.3 Å². The van der Waals surface area contributed by atoms with Crippen molar-refractivity contribution in [2.45, 2.75) is 45.5 Å². The zero-order chi connectivity index (χ0) is 18.2. The minimum Gasteiger partial charge on any atom is -0.493 e. The summed E-state index contributed by atoms with van der Waals surface area (Å²) in [5, 5.41) is 14.3. The smallest absolute Gasteiger partial charge is 0.186 e. The van der Waals surface area contributed by atoms with Gasteiger partial charge in [0.1, 0.15) is 5.75 Å². The molecule has 2 heterocycles. The van der Waals surface area contributed by atoms with Crippen molar-refractivity contribution in [2.75, 3.05) is 6.61 Å². The second kappa shape index (κ2) is 6.66. The normalized spacial score (nSPS) is 15.2. The average Bonchev–Trinajstić information content (AvgIpc) is 2.85. The van der Waals surface area contributed by atoms with Crippen molar-refractivity contribution in [3.8, 4) is 23.1 Å². The van der Waals surface area contributed by atoms with Gasteiger partial charge in [0.05, 0.1) is 24.1 Å². The third kappa shape index (κ3) is 3.63. The standard InChI is InChI=1S/C19H25N3O2Si/c1-13-18(17(12-20)24-25(3,4)5)19(22(2)21-13)15-8-9-16-14(11-15)7-6-10-23-16/h8-9,11,17H,6-7,10H2,1-5H3. The number of hydrogen-bond donors (Lipinski definition) is 0. The Kier molecular flexibility index (Phi) is 4.72. The Labute approximate surface area is 150 Å². The van der Waals surface area contributed by atoms with E-state index in [1.165, 1.54) is 5.56 Å². The van der Waals surface area contributed by atoms with Crippen LogP contribution >= 0.6 is 0 Å². The number of aromatic nitrogens is 2. The molecule has 1 atom stereocenters. The summed E-state index contributed by atoms with van der Waals surface area (Å²) >= 11 is 0. The molecule has 5 nitrogen and oxygen atoms in total. The fourth-order valence-corrected chi connectivity index (χ4v) is 4.22. The first-order valence-corrected chi connectivity index (χ1v) is 12.1. The maximum Gasteiger partial charge on any atom is 0.186 e. The zero-order valence-electron chi connectivity index (χ0n) is 15.6. The van der Waals surface area contributed by atoms with Crippen LogP contribution in [0.15, 0.2) is 18.2 Å². The van der Waals surface area contributed by atoms with Crippen LogP contribution in [0.1, 0.15) is 29.3 Å². The van der Waals surface area contributed by atoms with Gasteiger partial charge >= 0.3 is 0 Å². The maximum atomic E-state index is 9.73. The van der Waals surface area contributed by atoms with Gasteiger partial charge in [-0.2, -0.15) is 10.4 Å². The van der Waals surface area contributed by atoms with Gasteiger partial charge in [-0.1, -0.05) is 0 Å². The van der Waals surface area contributed by atoms with Gasteiger partial charge in [0.2, 0.25) is 0 Å². The molecule has 0 fully saturated rings. The number of nitriles is 1. The highest BCUT2D eigenvalue weighted by molar-refractivity contribution is 6.69. The van der Waals surface area contributed by atoms with Crippen molar-refractivity contribution in [3.05, 3.63) is 35.0 Å². The highest BCUT2D eigenvalue weighted by atomic mass is 28.4. The van der Waals surface area contributed by atoms with Gasteiger partial charge in [-0.3, -0.25) is 4.68 Å². The molecule has 0 saturated heterocycles. The lowest BCUT2D eigenvalue weighted by Gasteiger charge is -2.23. The Morgan fingerprint density at radius 1 is 1.36 bits per heavy atom. The average molecular weight is 356 g/mol. The molecule has 1 aliphatic heterocycles. The van der Waals surface area contributed by atoms with Gasteiger partial charge in [-0.25, -0.2) is 0 Å². The molecule has 0 N–H and O–H groups in total. The molecule has 0 aliphatic carbocycles. The SMILES string of the molecule is Cc1nn(C)c(-c2ccc3c(c2)CCCO3)c1C(C#N)O[Si](C)(C)C. The van der Waals surface area contributed by atoms with E-state index in [0.717, 1.165) is 47.7 Å². The van der Waals surface area contributed by atoms with Gasteiger partial charge in [-0.05, 0) is 63.2 Å². The maximum absolute atomic E-state index is 9.73. The molecule has 1 aliphatic rings. The second-order valence-corrected chi connectivity index (χ2v) is 11.9. The van der Waals surface area contributed by atoms with Crippen LogP contribution in [0.5, 0.6) is 5.75 Å². The van der Waals surface area contributed by atoms with E-state index in [-0.39, 0.29) is 0 Å². The Hall–Kier alpha value is -2.10. The van der Waals surface area contributed by atoms with Crippen molar-refractivity contribution in [3.63, 3.8) is 0 Å². The highest BCUT2D eigenvalue weighted by Gasteiger charge is 2.29. The van der Waals surface area contributed by atoms with E-state index in [1.54, 1.807) is 0 Å². The van der Waals surface area contributed by atoms with Crippen molar-refractivity contribution in [1.29, 1.82) is 5.26 Å². The van der Waals surface area contributed by atoms with E-state index in [2.05, 4.69) is 36.9 Å². The lowest BCUT2D eigenvalue weighted by Crippen LogP contribution is -2.27. The number of benzene rings is 1. The molecule has 1 aromatic carbocycles. The molecular weight excluding hydrogens is 330 g/mol. The van der Waals surface area contributed by atoms with Gasteiger partial charge in [0, 0.05) is 18.2 Å². The molecule has 25 heavy (non-hydrogen) atoms. The third-order valence-electron chi connectivity index (χ3n) is 4.30. The molecule has 132 valence electrons. The molecule has 2 aromatic rings. The Morgan fingerprint density at radius 3 is 2.80 bits per heavy atom. The molecule has 0 bridgehead atoms. The second-order valence-electron chi connectivity index (χ2n) is 7.49. The lowest BCUT2D eigenvalue weighted by molar-refractivity contribution is 0.255. The van der Waals surface area contributed by atoms with Crippen LogP contribution in [0.4, 0.5) is 0 Å². The van der Waals surface area contributed by atoms with Gasteiger partial charge in [0.15, 0.2) is 14.4 Å². The van der Waals surface area contributed by atoms with Crippen LogP contribution in [-0.2, 0) is 17.9 Å². The van der Waals surface area contributed by atoms with Gasteiger partial charge in [0.25, 0.3) is 0 Å². The van der Waals surface area contributed by atoms with Gasteiger partial charge < -0.3 is 9.16 Å². The number of rotatable bonds is 4. The molecule has 1 unspecified atom stereocenters. The quantitative estimate of drug-likeness (QED) is 0.774. The summed E-state index contributed by atoms with van der Waals surface area (Å²) in [6.45, 7) is 9.01. The van der Waals surface area contributed by atoms with Crippen LogP contribution in [0.3, 0.4) is 0 Å². The zero-order valence-corrected chi connectivity index (χ0v) is 16.6. The predicted octanol–water partition coefficient (Wildman–Crippen LogP) is 4.14. The summed E-state index contributed by atoms with van der Waals surface area (Å²) < 4.78 is 13.7. The van der Waals surface area contributed by atoms with E-state index >= 15 is 0 Å². The molecule has 1 aromatic heterocycles. The Morgan fingerprint density at radius 2 is 2.12 bits per heavy atom. The lowest BCUT2D eigenvalue weighted by atomic mass is 9.97. The molecule has 3 rings (SSSR count). The molecule has 0 radical (unpaired) electrons. The summed E-state index contributed by atoms with van der Waals surface area (Å²) in [5.41, 5.74) is 4.95. The van der Waals surface area contributed by atoms with Crippen LogP contribution in [-0.4, -0.2) is 24.7 Å². The summed E-state index contributed by atoms with van der Waals surface area (Å²) in [6.07, 6.45) is 1.46. The number of ether oxygens (including phenoxy) is 1. The minimum atomic E-state index is -1.86. The Bertz CT molecular complexity index is 830. The summed E-state index contributed by atoms with van der Waals surface area (Å²) in [6, 6.07) is 8.57. The third-order valence-corrected chi connectivity index (χ3v) is 5.24. The predicted molar refractivity (Wildman–Crippen MR) is 100.0 cm³/mol. The molecule has 6 heteroatoms. The monoisotopic (exact) mass is 355 g/mol. The van der Waals surface area contributed by atoms with E-state index in [1.807, 2.05) is 30.8 Å². The van der Waals surface area contributed by atoms with Gasteiger partial charge in [-0.15, -0.1) is 0 Å². The van der Waals surface area contributed by atoms with Crippen molar-refractivity contribution < 1.29 is 9.16 Å². The Balaban J connectivity index is 2.10. The van der Waals surface area contributed by atoms with Crippen molar-refractivity contribution in [1.82, 2.24) is 9.78 Å². The first-order valence-electron chi connectivity index (χ1n) is 8.67. The number of fused-ring (bicyclic) bond motifs is 1. The summed E-state index contributed by atoms with van der Waals surface area (Å²) in [5.74, 6) is 0.964. The largest absolute Gasteiger partial charge is 0.493 e. The van der Waals surface area contributed by atoms with E-state index in [9.17, 15) is 5.26 Å². The fraction of sp³-hybridized carbons (Fsp3) is 0.474. The molecule has 0 spiro atoms. The minimum absolute atomic E-state index is 0.595. The first kappa shape index (κ1) is 17.7. The van der Waals surface area contributed by atoms with Crippen molar-refractivity contribution in [2.24, 2.45) is 7.05 Å². The highest BCUT2D eigenvalue weighted by Crippen LogP contribution is 2.36. The molecular formula is C19H25N3O2Si. The van der Waals surface area contributed by atoms with Crippen LogP contribution < -0.4 is 4.74 Å². The van der Waals surface area contributed by atoms with Crippen LogP contribution in [0.2, 0.25) is 19.6 Å². The van der Waals surface area contributed by atoms with Crippen molar-refractivity contribution >= 4 is 8.32 Å². The summed E-state index contributed by atoms with van der Waals surface area (Å²) in [7, 11) is 0.0568. The molecule has 0 amide bonds. The number of aryl methyl sites for hydroxylation is 3. The van der Waals surface area contributed by atoms with E-state index < -0.39 is 14.4 Å².